The predicted molar refractivity (Wildman–Crippen MR) is 161 cm³/mol. The van der Waals surface area contributed by atoms with Crippen LogP contribution in [0.4, 0.5) is 4.39 Å². The summed E-state index contributed by atoms with van der Waals surface area (Å²) in [6.45, 7) is 13.3. The molecule has 0 saturated carbocycles. The van der Waals surface area contributed by atoms with Gasteiger partial charge in [-0.25, -0.2) is 4.39 Å². The number of hydrogen-bond donors (Lipinski definition) is 1. The van der Waals surface area contributed by atoms with Crippen molar-refractivity contribution in [3.63, 3.8) is 0 Å². The fraction of sp³-hybridized carbons (Fsp3) is 0.529. The van der Waals surface area contributed by atoms with Crippen molar-refractivity contribution in [3.8, 4) is 0 Å². The molecule has 2 fully saturated rings. The number of piperidine rings is 1. The summed E-state index contributed by atoms with van der Waals surface area (Å²) in [6.07, 6.45) is 3.01. The van der Waals surface area contributed by atoms with Crippen LogP contribution in [0, 0.1) is 17.2 Å². The normalized spacial score (nSPS) is 21.8. The van der Waals surface area contributed by atoms with Crippen LogP contribution in [0.25, 0.3) is 0 Å². The number of benzene rings is 2. The average Bonchev–Trinajstić information content (AvgIpc) is 3.52. The third-order valence-corrected chi connectivity index (χ3v) is 9.05. The molecule has 0 aliphatic carbocycles. The molecule has 5 rings (SSSR count). The van der Waals surface area contributed by atoms with Gasteiger partial charge in [-0.15, -0.1) is 0 Å². The number of aryl methyl sites for hydroxylation is 1. The summed E-state index contributed by atoms with van der Waals surface area (Å²) >= 11 is 0. The van der Waals surface area contributed by atoms with Gasteiger partial charge in [-0.1, -0.05) is 63.2 Å². The van der Waals surface area contributed by atoms with Crippen LogP contribution in [0.5, 0.6) is 0 Å². The Morgan fingerprint density at radius 1 is 1.05 bits per heavy atom. The van der Waals surface area contributed by atoms with Crippen LogP contribution in [-0.4, -0.2) is 69.4 Å². The topological polar surface area (TPSA) is 61.6 Å². The van der Waals surface area contributed by atoms with Crippen LogP contribution in [0.1, 0.15) is 74.9 Å². The monoisotopic (exact) mass is 560 g/mol. The van der Waals surface area contributed by atoms with Crippen molar-refractivity contribution in [1.82, 2.24) is 19.6 Å². The van der Waals surface area contributed by atoms with Gasteiger partial charge in [0, 0.05) is 50.1 Å². The first-order valence-electron chi connectivity index (χ1n) is 15.2. The van der Waals surface area contributed by atoms with E-state index in [1.165, 1.54) is 17.3 Å². The fourth-order valence-electron chi connectivity index (χ4n) is 7.19. The maximum Gasteiger partial charge on any atom is 0.321 e. The lowest BCUT2D eigenvalue weighted by Gasteiger charge is -2.36. The van der Waals surface area contributed by atoms with Gasteiger partial charge in [0.05, 0.1) is 5.69 Å². The van der Waals surface area contributed by atoms with Crippen LogP contribution >= 0.6 is 0 Å². The van der Waals surface area contributed by atoms with Crippen LogP contribution in [0.3, 0.4) is 0 Å². The van der Waals surface area contributed by atoms with Crippen molar-refractivity contribution < 1.29 is 14.3 Å². The average molecular weight is 561 g/mol. The summed E-state index contributed by atoms with van der Waals surface area (Å²) < 4.78 is 16.4. The molecule has 3 heterocycles. The molecule has 1 N–H and O–H groups in total. The third kappa shape index (κ3) is 6.90. The first-order valence-corrected chi connectivity index (χ1v) is 15.2. The van der Waals surface area contributed by atoms with E-state index in [1.54, 1.807) is 12.1 Å². The van der Waals surface area contributed by atoms with E-state index in [1.807, 2.05) is 32.9 Å². The highest BCUT2D eigenvalue weighted by atomic mass is 19.1. The highest BCUT2D eigenvalue weighted by molar-refractivity contribution is 5.74. The molecule has 0 unspecified atom stereocenters. The maximum absolute atomic E-state index is 14.2. The summed E-state index contributed by atoms with van der Waals surface area (Å²) in [5, 5.41) is 15.1. The number of carbonyl (C=O) groups is 1. The number of aliphatic carboxylic acids is 1. The summed E-state index contributed by atoms with van der Waals surface area (Å²) in [6, 6.07) is 19.2. The van der Waals surface area contributed by atoms with E-state index >= 15 is 0 Å². The van der Waals surface area contributed by atoms with E-state index < -0.39 is 17.4 Å². The molecule has 220 valence electrons. The van der Waals surface area contributed by atoms with Crippen molar-refractivity contribution >= 4 is 5.97 Å². The van der Waals surface area contributed by atoms with E-state index in [4.69, 9.17) is 5.10 Å². The molecule has 2 aromatic carbocycles. The molecule has 41 heavy (non-hydrogen) atoms. The van der Waals surface area contributed by atoms with Gasteiger partial charge in [0.2, 0.25) is 0 Å². The number of carboxylic acids is 1. The number of nitrogens with zero attached hydrogens (tertiary/aromatic N) is 4. The van der Waals surface area contributed by atoms with Crippen molar-refractivity contribution in [3.05, 3.63) is 89.0 Å². The van der Waals surface area contributed by atoms with Gasteiger partial charge in [0.15, 0.2) is 0 Å². The Morgan fingerprint density at radius 2 is 1.78 bits per heavy atom. The first-order chi connectivity index (χ1) is 19.6. The Morgan fingerprint density at radius 3 is 2.41 bits per heavy atom. The second-order valence-electron chi connectivity index (χ2n) is 13.1. The molecule has 2 aliphatic heterocycles. The van der Waals surface area contributed by atoms with Crippen molar-refractivity contribution in [2.24, 2.45) is 11.3 Å². The fourth-order valence-corrected chi connectivity index (χ4v) is 7.19. The molecule has 0 radical (unpaired) electrons. The lowest BCUT2D eigenvalue weighted by molar-refractivity contribution is -0.147. The molecule has 2 saturated heterocycles. The minimum atomic E-state index is -0.781. The lowest BCUT2D eigenvalue weighted by Crippen LogP contribution is -2.48. The van der Waals surface area contributed by atoms with Crippen molar-refractivity contribution in [2.45, 2.75) is 71.4 Å². The summed E-state index contributed by atoms with van der Waals surface area (Å²) in [5.74, 6) is -0.174. The van der Waals surface area contributed by atoms with Gasteiger partial charge in [-0.05, 0) is 73.5 Å². The predicted octanol–water partition coefficient (Wildman–Crippen LogP) is 6.03. The summed E-state index contributed by atoms with van der Waals surface area (Å²) in [4.78, 5) is 17.0. The number of aromatic nitrogens is 2. The zero-order valence-electron chi connectivity index (χ0n) is 25.0. The maximum atomic E-state index is 14.2. The molecular formula is C34H45FN4O2. The second kappa shape index (κ2) is 12.5. The number of hydrogen-bond acceptors (Lipinski definition) is 4. The second-order valence-corrected chi connectivity index (χ2v) is 13.1. The van der Waals surface area contributed by atoms with Crippen LogP contribution in [-0.2, 0) is 17.8 Å². The van der Waals surface area contributed by atoms with Crippen molar-refractivity contribution in [1.29, 1.82) is 0 Å². The Hall–Kier alpha value is -3.03. The number of carboxylic acid groups (broad SMARTS) is 1. The molecule has 3 atom stereocenters. The van der Waals surface area contributed by atoms with Gasteiger partial charge < -0.3 is 10.0 Å². The molecule has 1 aromatic heterocycles. The zero-order valence-corrected chi connectivity index (χ0v) is 25.0. The number of likely N-dealkylation sites (tertiary alicyclic amines) is 2. The van der Waals surface area contributed by atoms with E-state index in [2.05, 4.69) is 51.7 Å². The Balaban J connectivity index is 1.27. The molecule has 6 nitrogen and oxygen atoms in total. The van der Waals surface area contributed by atoms with Crippen LogP contribution in [0.2, 0.25) is 0 Å². The molecule has 0 spiro atoms. The largest absolute Gasteiger partial charge is 0.480 e. The van der Waals surface area contributed by atoms with E-state index in [9.17, 15) is 14.3 Å². The molecule has 0 amide bonds. The number of rotatable bonds is 9. The Bertz CT molecular complexity index is 1310. The SMILES string of the molecule is CCn1nc(Cc2ccccc2)cc1C1CCN(C[C@H]2CN([C@@H](C(=O)O)C(C)(C)C)C[C@@H]2c2cccc(F)c2)CC1. The van der Waals surface area contributed by atoms with Crippen LogP contribution < -0.4 is 0 Å². The molecular weight excluding hydrogens is 515 g/mol. The number of halogens is 1. The minimum absolute atomic E-state index is 0.106. The first kappa shape index (κ1) is 29.5. The molecule has 2 aliphatic rings. The Labute approximate surface area is 244 Å². The van der Waals surface area contributed by atoms with Gasteiger partial charge in [0.1, 0.15) is 11.9 Å². The molecule has 7 heteroatoms. The van der Waals surface area contributed by atoms with Gasteiger partial charge in [0.25, 0.3) is 0 Å². The third-order valence-electron chi connectivity index (χ3n) is 9.05. The highest BCUT2D eigenvalue weighted by Crippen LogP contribution is 2.39. The Kier molecular flexibility index (Phi) is 8.95. The minimum Gasteiger partial charge on any atom is -0.480 e. The quantitative estimate of drug-likeness (QED) is 0.346. The zero-order chi connectivity index (χ0) is 29.1. The van der Waals surface area contributed by atoms with Gasteiger partial charge in [-0.2, -0.15) is 5.10 Å². The van der Waals surface area contributed by atoms with Gasteiger partial charge >= 0.3 is 5.97 Å². The van der Waals surface area contributed by atoms with Crippen LogP contribution in [0.15, 0.2) is 60.7 Å². The lowest BCUT2D eigenvalue weighted by atomic mass is 9.85. The van der Waals surface area contributed by atoms with E-state index in [0.717, 1.165) is 56.7 Å². The summed E-state index contributed by atoms with van der Waals surface area (Å²) in [7, 11) is 0. The smallest absolute Gasteiger partial charge is 0.321 e. The molecule has 0 bridgehead atoms. The van der Waals surface area contributed by atoms with Gasteiger partial charge in [-0.3, -0.25) is 14.4 Å². The highest BCUT2D eigenvalue weighted by Gasteiger charge is 2.44. The van der Waals surface area contributed by atoms with E-state index in [0.29, 0.717) is 19.0 Å². The standard InChI is InChI=1S/C34H45FN4O2/c1-5-39-31(20-29(36-39)18-24-10-7-6-8-11-24)25-14-16-37(17-15-25)21-27-22-38(32(33(40)41)34(2,3)4)23-30(27)26-12-9-13-28(35)19-26/h6-13,19-20,25,27,30,32H,5,14-18,21-23H2,1-4H3,(H,40,41)/t27-,30+,32-/m0/s1. The van der Waals surface area contributed by atoms with E-state index in [-0.39, 0.29) is 17.7 Å². The summed E-state index contributed by atoms with van der Waals surface area (Å²) in [5.41, 5.74) is 4.34. The van der Waals surface area contributed by atoms with Crippen molar-refractivity contribution in [2.75, 3.05) is 32.7 Å². The molecule has 3 aromatic rings.